The van der Waals surface area contributed by atoms with E-state index in [9.17, 15) is 10.4 Å². The first-order valence-corrected chi connectivity index (χ1v) is 9.38. The lowest BCUT2D eigenvalue weighted by molar-refractivity contribution is 0.105. The van der Waals surface area contributed by atoms with Gasteiger partial charge in [-0.25, -0.2) is 0 Å². The molecule has 0 bridgehead atoms. The number of benzene rings is 2. The molecule has 0 aliphatic heterocycles. The second-order valence-corrected chi connectivity index (χ2v) is 7.61. The molecular formula is C23H24N2O. The van der Waals surface area contributed by atoms with Gasteiger partial charge in [0.05, 0.1) is 17.7 Å². The van der Waals surface area contributed by atoms with Gasteiger partial charge in [-0.2, -0.15) is 5.26 Å². The molecule has 3 N–H and O–H groups in total. The zero-order valence-corrected chi connectivity index (χ0v) is 15.1. The van der Waals surface area contributed by atoms with Crippen molar-refractivity contribution < 1.29 is 5.11 Å². The summed E-state index contributed by atoms with van der Waals surface area (Å²) in [6.45, 7) is 2.06. The number of aliphatic hydroxyl groups excluding tert-OH is 1. The van der Waals surface area contributed by atoms with Gasteiger partial charge >= 0.3 is 0 Å². The minimum atomic E-state index is -0.146. The van der Waals surface area contributed by atoms with Gasteiger partial charge in [0, 0.05) is 11.6 Å². The average molecular weight is 344 g/mol. The van der Waals surface area contributed by atoms with Crippen LogP contribution in [-0.4, -0.2) is 11.2 Å². The molecule has 132 valence electrons. The molecule has 2 aliphatic rings. The predicted octanol–water partition coefficient (Wildman–Crippen LogP) is 4.53. The summed E-state index contributed by atoms with van der Waals surface area (Å²) in [6.07, 6.45) is 6.08. The highest BCUT2D eigenvalue weighted by atomic mass is 16.3. The maximum atomic E-state index is 9.86. The molecule has 3 nitrogen and oxygen atoms in total. The van der Waals surface area contributed by atoms with Crippen LogP contribution in [0.3, 0.4) is 0 Å². The molecule has 26 heavy (non-hydrogen) atoms. The third-order valence-electron chi connectivity index (χ3n) is 6.09. The summed E-state index contributed by atoms with van der Waals surface area (Å²) >= 11 is 0. The van der Waals surface area contributed by atoms with Crippen LogP contribution in [-0.2, 0) is 0 Å². The van der Waals surface area contributed by atoms with Crippen LogP contribution >= 0.6 is 0 Å². The standard InChI is InChI=1S/C23H24N2O/c1-14-18(3-2-4-23(14)25)22-12-20(16-6-8-17(26)9-7-16)19-10-5-15(13-24)11-21(19)22/h2-5,10-12,16-17,20,26H,6-9,25H2,1H3. The molecule has 2 aliphatic carbocycles. The van der Waals surface area contributed by atoms with Crippen LogP contribution in [0.25, 0.3) is 5.57 Å². The normalized spacial score (nSPS) is 24.7. The summed E-state index contributed by atoms with van der Waals surface area (Å²) in [7, 11) is 0. The summed E-state index contributed by atoms with van der Waals surface area (Å²) in [4.78, 5) is 0. The fraction of sp³-hybridized carbons (Fsp3) is 0.348. The number of fused-ring (bicyclic) bond motifs is 1. The summed E-state index contributed by atoms with van der Waals surface area (Å²) < 4.78 is 0. The van der Waals surface area contributed by atoms with E-state index in [0.29, 0.717) is 17.4 Å². The molecule has 0 spiro atoms. The minimum absolute atomic E-state index is 0.146. The Balaban J connectivity index is 1.82. The topological polar surface area (TPSA) is 70.0 Å². The molecule has 0 heterocycles. The van der Waals surface area contributed by atoms with E-state index in [2.05, 4.69) is 31.2 Å². The van der Waals surface area contributed by atoms with Crippen LogP contribution in [0.15, 0.2) is 42.5 Å². The monoisotopic (exact) mass is 344 g/mol. The van der Waals surface area contributed by atoms with E-state index in [1.165, 1.54) is 11.1 Å². The highest BCUT2D eigenvalue weighted by molar-refractivity contribution is 5.88. The molecule has 2 aromatic carbocycles. The van der Waals surface area contributed by atoms with Crippen LogP contribution in [0.5, 0.6) is 0 Å². The fourth-order valence-corrected chi connectivity index (χ4v) is 4.54. The lowest BCUT2D eigenvalue weighted by Gasteiger charge is -2.29. The zero-order valence-electron chi connectivity index (χ0n) is 15.1. The number of nitrogens with zero attached hydrogens (tertiary/aromatic N) is 1. The SMILES string of the molecule is Cc1c(N)cccc1C1=CC(C2CCC(O)CC2)c2ccc(C#N)cc21. The second-order valence-electron chi connectivity index (χ2n) is 7.61. The van der Waals surface area contributed by atoms with Crippen LogP contribution in [0, 0.1) is 24.2 Å². The quantitative estimate of drug-likeness (QED) is 0.786. The van der Waals surface area contributed by atoms with E-state index in [4.69, 9.17) is 5.73 Å². The smallest absolute Gasteiger partial charge is 0.0991 e. The van der Waals surface area contributed by atoms with Crippen molar-refractivity contribution in [2.24, 2.45) is 5.92 Å². The first-order valence-electron chi connectivity index (χ1n) is 9.38. The van der Waals surface area contributed by atoms with Gasteiger partial charge in [0.1, 0.15) is 0 Å². The van der Waals surface area contributed by atoms with Gasteiger partial charge in [0.25, 0.3) is 0 Å². The Bertz CT molecular complexity index is 914. The lowest BCUT2D eigenvalue weighted by Crippen LogP contribution is -2.21. The molecule has 1 fully saturated rings. The van der Waals surface area contributed by atoms with Crippen LogP contribution in [0.2, 0.25) is 0 Å². The Morgan fingerprint density at radius 2 is 1.85 bits per heavy atom. The lowest BCUT2D eigenvalue weighted by atomic mass is 9.77. The molecule has 4 rings (SSSR count). The van der Waals surface area contributed by atoms with Crippen molar-refractivity contribution >= 4 is 11.3 Å². The van der Waals surface area contributed by atoms with Gasteiger partial charge in [-0.15, -0.1) is 0 Å². The molecule has 0 saturated heterocycles. The number of nitrogens with two attached hydrogens (primary N) is 1. The summed E-state index contributed by atoms with van der Waals surface area (Å²) in [5, 5.41) is 19.2. The van der Waals surface area contributed by atoms with Crippen molar-refractivity contribution in [3.63, 3.8) is 0 Å². The van der Waals surface area contributed by atoms with Crippen molar-refractivity contribution in [3.8, 4) is 6.07 Å². The van der Waals surface area contributed by atoms with Crippen LogP contribution < -0.4 is 5.73 Å². The van der Waals surface area contributed by atoms with E-state index in [-0.39, 0.29) is 6.10 Å². The first-order chi connectivity index (χ1) is 12.6. The van der Waals surface area contributed by atoms with E-state index in [0.717, 1.165) is 48.1 Å². The van der Waals surface area contributed by atoms with E-state index in [1.54, 1.807) is 0 Å². The zero-order chi connectivity index (χ0) is 18.3. The largest absolute Gasteiger partial charge is 0.398 e. The fourth-order valence-electron chi connectivity index (χ4n) is 4.54. The summed E-state index contributed by atoms with van der Waals surface area (Å²) in [5.74, 6) is 0.894. The van der Waals surface area contributed by atoms with Crippen molar-refractivity contribution in [1.82, 2.24) is 0 Å². The summed E-state index contributed by atoms with van der Waals surface area (Å²) in [5.41, 5.74) is 13.5. The predicted molar refractivity (Wildman–Crippen MR) is 105 cm³/mol. The van der Waals surface area contributed by atoms with Crippen LogP contribution in [0.4, 0.5) is 5.69 Å². The number of hydrogen-bond acceptors (Lipinski definition) is 3. The highest BCUT2D eigenvalue weighted by Crippen LogP contribution is 2.47. The number of nitrogen functional groups attached to an aromatic ring is 1. The van der Waals surface area contributed by atoms with Gasteiger partial charge in [0.15, 0.2) is 0 Å². The molecular weight excluding hydrogens is 320 g/mol. The summed E-state index contributed by atoms with van der Waals surface area (Å²) in [6, 6.07) is 14.4. The Hall–Kier alpha value is -2.57. The molecule has 1 atom stereocenters. The van der Waals surface area contributed by atoms with Gasteiger partial charge in [0.2, 0.25) is 0 Å². The number of aliphatic hydroxyl groups is 1. The van der Waals surface area contributed by atoms with E-state index >= 15 is 0 Å². The molecule has 0 aromatic heterocycles. The average Bonchev–Trinajstić information content (AvgIpc) is 3.03. The van der Waals surface area contributed by atoms with Crippen molar-refractivity contribution in [1.29, 1.82) is 5.26 Å². The Labute approximate surface area is 154 Å². The maximum absolute atomic E-state index is 9.86. The van der Waals surface area contributed by atoms with Gasteiger partial charge in [-0.05, 0) is 84.6 Å². The molecule has 3 heteroatoms. The number of anilines is 1. The van der Waals surface area contributed by atoms with Crippen molar-refractivity contribution in [2.45, 2.75) is 44.6 Å². The Morgan fingerprint density at radius 1 is 1.08 bits per heavy atom. The van der Waals surface area contributed by atoms with Gasteiger partial charge in [-0.3, -0.25) is 0 Å². The Morgan fingerprint density at radius 3 is 2.58 bits per heavy atom. The maximum Gasteiger partial charge on any atom is 0.0991 e. The van der Waals surface area contributed by atoms with Crippen molar-refractivity contribution in [3.05, 3.63) is 70.3 Å². The number of nitriles is 1. The molecule has 0 amide bonds. The number of hydrogen-bond donors (Lipinski definition) is 2. The minimum Gasteiger partial charge on any atom is -0.398 e. The highest BCUT2D eigenvalue weighted by Gasteiger charge is 2.33. The van der Waals surface area contributed by atoms with Gasteiger partial charge in [-0.1, -0.05) is 24.3 Å². The van der Waals surface area contributed by atoms with Gasteiger partial charge < -0.3 is 10.8 Å². The Kier molecular flexibility index (Phi) is 4.30. The molecule has 1 saturated carbocycles. The van der Waals surface area contributed by atoms with E-state index in [1.807, 2.05) is 24.3 Å². The molecule has 2 aromatic rings. The molecule has 0 radical (unpaired) electrons. The van der Waals surface area contributed by atoms with E-state index < -0.39 is 0 Å². The third kappa shape index (κ3) is 2.81. The first kappa shape index (κ1) is 16.9. The van der Waals surface area contributed by atoms with Crippen molar-refractivity contribution in [2.75, 3.05) is 5.73 Å². The third-order valence-corrected chi connectivity index (χ3v) is 6.09. The number of rotatable bonds is 2. The second kappa shape index (κ2) is 6.63. The van der Waals surface area contributed by atoms with Crippen LogP contribution in [0.1, 0.15) is 59.4 Å². The molecule has 1 unspecified atom stereocenters. The number of allylic oxidation sites excluding steroid dienone is 1.